The number of nitrogens with one attached hydrogen (secondary N) is 1. The largest absolute Gasteiger partial charge is 0.326 e. The van der Waals surface area contributed by atoms with Crippen molar-refractivity contribution in [2.75, 3.05) is 10.2 Å². The van der Waals surface area contributed by atoms with E-state index in [2.05, 4.69) is 5.32 Å². The topological polar surface area (TPSA) is 66.5 Å². The Morgan fingerprint density at radius 1 is 0.960 bits per heavy atom. The lowest BCUT2D eigenvalue weighted by atomic mass is 10.0. The summed E-state index contributed by atoms with van der Waals surface area (Å²) in [7, 11) is 0. The van der Waals surface area contributed by atoms with Gasteiger partial charge < -0.3 is 5.32 Å². The SMILES string of the molecule is CC(=O)Nc1ccc(N2C(=O)C(Cl)=C(c3ccc(C)cc3)C2=O)cc1. The fourth-order valence-electron chi connectivity index (χ4n) is 2.61. The molecular formula is C19H15ClN2O3. The van der Waals surface area contributed by atoms with E-state index < -0.39 is 11.8 Å². The third kappa shape index (κ3) is 3.19. The van der Waals surface area contributed by atoms with Crippen LogP contribution in [0.5, 0.6) is 0 Å². The van der Waals surface area contributed by atoms with Crippen LogP contribution in [0.2, 0.25) is 0 Å². The Hall–Kier alpha value is -2.92. The molecule has 0 atom stereocenters. The van der Waals surface area contributed by atoms with Crippen LogP contribution in [0.1, 0.15) is 18.1 Å². The van der Waals surface area contributed by atoms with E-state index in [1.54, 1.807) is 36.4 Å². The molecule has 1 N–H and O–H groups in total. The van der Waals surface area contributed by atoms with Crippen molar-refractivity contribution in [2.24, 2.45) is 0 Å². The molecule has 0 fully saturated rings. The molecule has 0 unspecified atom stereocenters. The number of imide groups is 1. The molecule has 3 rings (SSSR count). The number of hydrogen-bond donors (Lipinski definition) is 1. The van der Waals surface area contributed by atoms with E-state index in [0.717, 1.165) is 10.5 Å². The molecule has 25 heavy (non-hydrogen) atoms. The van der Waals surface area contributed by atoms with Gasteiger partial charge in [-0.25, -0.2) is 4.90 Å². The van der Waals surface area contributed by atoms with Crippen LogP contribution in [0, 0.1) is 6.92 Å². The molecule has 2 aromatic carbocycles. The van der Waals surface area contributed by atoms with Crippen LogP contribution >= 0.6 is 11.6 Å². The smallest absolute Gasteiger partial charge is 0.277 e. The molecule has 0 bridgehead atoms. The molecule has 0 saturated carbocycles. The second-order valence-electron chi connectivity index (χ2n) is 5.73. The van der Waals surface area contributed by atoms with Gasteiger partial charge in [0.2, 0.25) is 5.91 Å². The molecule has 0 radical (unpaired) electrons. The van der Waals surface area contributed by atoms with E-state index in [1.807, 2.05) is 19.1 Å². The number of carbonyl (C=O) groups excluding carboxylic acids is 3. The summed E-state index contributed by atoms with van der Waals surface area (Å²) >= 11 is 6.15. The zero-order valence-electron chi connectivity index (χ0n) is 13.7. The van der Waals surface area contributed by atoms with Crippen LogP contribution in [-0.4, -0.2) is 17.7 Å². The summed E-state index contributed by atoms with van der Waals surface area (Å²) in [6.07, 6.45) is 0. The number of nitrogens with zero attached hydrogens (tertiary/aromatic N) is 1. The Kier molecular flexibility index (Phi) is 4.42. The summed E-state index contributed by atoms with van der Waals surface area (Å²) in [5.74, 6) is -1.23. The van der Waals surface area contributed by atoms with Gasteiger partial charge in [0.25, 0.3) is 11.8 Å². The second kappa shape index (κ2) is 6.53. The van der Waals surface area contributed by atoms with Crippen LogP contribution in [0.25, 0.3) is 5.57 Å². The first kappa shape index (κ1) is 16.9. The molecule has 126 valence electrons. The van der Waals surface area contributed by atoms with Crippen molar-refractivity contribution in [3.8, 4) is 0 Å². The van der Waals surface area contributed by atoms with Gasteiger partial charge in [-0.05, 0) is 36.8 Å². The summed E-state index contributed by atoms with van der Waals surface area (Å²) < 4.78 is 0. The van der Waals surface area contributed by atoms with Crippen molar-refractivity contribution in [2.45, 2.75) is 13.8 Å². The number of benzene rings is 2. The van der Waals surface area contributed by atoms with Crippen molar-refractivity contribution < 1.29 is 14.4 Å². The summed E-state index contributed by atoms with van der Waals surface area (Å²) in [4.78, 5) is 37.4. The Balaban J connectivity index is 1.93. The third-order valence-electron chi connectivity index (χ3n) is 3.81. The molecular weight excluding hydrogens is 340 g/mol. The van der Waals surface area contributed by atoms with E-state index in [0.29, 0.717) is 16.9 Å². The molecule has 0 saturated heterocycles. The molecule has 5 nitrogen and oxygen atoms in total. The lowest BCUT2D eigenvalue weighted by Crippen LogP contribution is -2.31. The van der Waals surface area contributed by atoms with Gasteiger partial charge >= 0.3 is 0 Å². The molecule has 0 aromatic heterocycles. The molecule has 6 heteroatoms. The standard InChI is InChI=1S/C19H15ClN2O3/c1-11-3-5-13(6-4-11)16-17(20)19(25)22(18(16)24)15-9-7-14(8-10-15)21-12(2)23/h3-10H,1-2H3,(H,21,23). The average Bonchev–Trinajstić information content (AvgIpc) is 2.79. The number of halogens is 1. The third-order valence-corrected chi connectivity index (χ3v) is 4.16. The molecule has 1 heterocycles. The highest BCUT2D eigenvalue weighted by Gasteiger charge is 2.39. The monoisotopic (exact) mass is 354 g/mol. The van der Waals surface area contributed by atoms with Gasteiger partial charge in [-0.2, -0.15) is 0 Å². The lowest BCUT2D eigenvalue weighted by molar-refractivity contribution is -0.120. The van der Waals surface area contributed by atoms with E-state index >= 15 is 0 Å². The quantitative estimate of drug-likeness (QED) is 0.858. The van der Waals surface area contributed by atoms with Crippen molar-refractivity contribution >= 4 is 46.3 Å². The predicted molar refractivity (Wildman–Crippen MR) is 97.2 cm³/mol. The summed E-state index contributed by atoms with van der Waals surface area (Å²) in [6, 6.07) is 13.7. The van der Waals surface area contributed by atoms with Gasteiger partial charge in [-0.3, -0.25) is 14.4 Å². The van der Waals surface area contributed by atoms with Gasteiger partial charge in [-0.1, -0.05) is 41.4 Å². The Labute approximate surface area is 149 Å². The lowest BCUT2D eigenvalue weighted by Gasteiger charge is -2.15. The maximum atomic E-state index is 12.8. The Morgan fingerprint density at radius 2 is 1.56 bits per heavy atom. The van der Waals surface area contributed by atoms with Gasteiger partial charge in [0.15, 0.2) is 0 Å². The first-order valence-corrected chi connectivity index (χ1v) is 7.99. The highest BCUT2D eigenvalue weighted by atomic mass is 35.5. The maximum absolute atomic E-state index is 12.8. The van der Waals surface area contributed by atoms with Gasteiger partial charge in [-0.15, -0.1) is 0 Å². The molecule has 3 amide bonds. The summed E-state index contributed by atoms with van der Waals surface area (Å²) in [5.41, 5.74) is 2.81. The van der Waals surface area contributed by atoms with Crippen LogP contribution in [0.15, 0.2) is 53.6 Å². The molecule has 1 aliphatic heterocycles. The van der Waals surface area contributed by atoms with Crippen LogP contribution in [0.3, 0.4) is 0 Å². The van der Waals surface area contributed by atoms with Crippen molar-refractivity contribution in [3.63, 3.8) is 0 Å². The number of hydrogen-bond acceptors (Lipinski definition) is 3. The normalized spacial score (nSPS) is 14.3. The fourth-order valence-corrected chi connectivity index (χ4v) is 2.88. The second-order valence-corrected chi connectivity index (χ2v) is 6.11. The highest BCUT2D eigenvalue weighted by Crippen LogP contribution is 2.35. The minimum Gasteiger partial charge on any atom is -0.326 e. The fraction of sp³-hybridized carbons (Fsp3) is 0.105. The zero-order chi connectivity index (χ0) is 18.1. The zero-order valence-corrected chi connectivity index (χ0v) is 14.4. The van der Waals surface area contributed by atoms with Crippen molar-refractivity contribution in [3.05, 3.63) is 64.7 Å². The predicted octanol–water partition coefficient (Wildman–Crippen LogP) is 3.48. The van der Waals surface area contributed by atoms with Crippen LogP contribution in [-0.2, 0) is 14.4 Å². The number of carbonyl (C=O) groups is 3. The number of aryl methyl sites for hydroxylation is 1. The minimum absolute atomic E-state index is 0.0974. The van der Waals surface area contributed by atoms with E-state index in [9.17, 15) is 14.4 Å². The van der Waals surface area contributed by atoms with Crippen molar-refractivity contribution in [1.82, 2.24) is 0 Å². The summed E-state index contributed by atoms with van der Waals surface area (Å²) in [5, 5.41) is 2.53. The molecule has 0 spiro atoms. The molecule has 2 aromatic rings. The van der Waals surface area contributed by atoms with Crippen LogP contribution in [0.4, 0.5) is 11.4 Å². The van der Waals surface area contributed by atoms with Crippen LogP contribution < -0.4 is 10.2 Å². The Morgan fingerprint density at radius 3 is 2.12 bits per heavy atom. The van der Waals surface area contributed by atoms with Crippen molar-refractivity contribution in [1.29, 1.82) is 0 Å². The van der Waals surface area contributed by atoms with E-state index in [-0.39, 0.29) is 16.5 Å². The number of rotatable bonds is 3. The number of anilines is 2. The van der Waals surface area contributed by atoms with Gasteiger partial charge in [0.1, 0.15) is 5.03 Å². The molecule has 1 aliphatic rings. The first-order chi connectivity index (χ1) is 11.9. The Bertz CT molecular complexity index is 899. The summed E-state index contributed by atoms with van der Waals surface area (Å²) in [6.45, 7) is 3.34. The highest BCUT2D eigenvalue weighted by molar-refractivity contribution is 6.60. The first-order valence-electron chi connectivity index (χ1n) is 7.61. The minimum atomic E-state index is -0.561. The maximum Gasteiger partial charge on any atom is 0.277 e. The van der Waals surface area contributed by atoms with Gasteiger partial charge in [0, 0.05) is 12.6 Å². The van der Waals surface area contributed by atoms with E-state index in [4.69, 9.17) is 11.6 Å². The molecule has 0 aliphatic carbocycles. The average molecular weight is 355 g/mol. The van der Waals surface area contributed by atoms with E-state index in [1.165, 1.54) is 6.92 Å². The number of amides is 3. The van der Waals surface area contributed by atoms with Gasteiger partial charge in [0.05, 0.1) is 11.3 Å².